The molecule has 0 unspecified atom stereocenters. The predicted octanol–water partition coefficient (Wildman–Crippen LogP) is 4.90. The number of benzene rings is 2. The molecule has 0 aliphatic carbocycles. The Morgan fingerprint density at radius 2 is 1.88 bits per heavy atom. The number of halogens is 3. The van der Waals surface area contributed by atoms with Crippen LogP contribution < -0.4 is 0 Å². The Balaban J connectivity index is 1.84. The standard InChI is InChI=1S/C19H16Cl2FN3O/c1-12-16(10-23-25(12)15-8-6-14(22)7-9-15)19(26)24(2)11-13-4-3-5-17(20)18(13)21/h3-10H,11H2,1-2H3. The molecule has 1 heterocycles. The minimum atomic E-state index is -0.326. The van der Waals surface area contributed by atoms with Crippen LogP contribution in [0.4, 0.5) is 4.39 Å². The highest BCUT2D eigenvalue weighted by Crippen LogP contribution is 2.27. The summed E-state index contributed by atoms with van der Waals surface area (Å²) in [6.45, 7) is 2.11. The second-order valence-electron chi connectivity index (χ2n) is 5.91. The van der Waals surface area contributed by atoms with Crippen LogP contribution in [0.5, 0.6) is 0 Å². The van der Waals surface area contributed by atoms with E-state index in [0.29, 0.717) is 33.5 Å². The summed E-state index contributed by atoms with van der Waals surface area (Å²) in [4.78, 5) is 14.4. The van der Waals surface area contributed by atoms with Crippen molar-refractivity contribution in [3.63, 3.8) is 0 Å². The maximum atomic E-state index is 13.1. The Bertz CT molecular complexity index is 954. The topological polar surface area (TPSA) is 38.1 Å². The highest BCUT2D eigenvalue weighted by atomic mass is 35.5. The smallest absolute Gasteiger partial charge is 0.257 e. The van der Waals surface area contributed by atoms with E-state index < -0.39 is 0 Å². The normalized spacial score (nSPS) is 10.8. The largest absolute Gasteiger partial charge is 0.337 e. The Morgan fingerprint density at radius 3 is 2.58 bits per heavy atom. The molecule has 0 spiro atoms. The number of hydrogen-bond acceptors (Lipinski definition) is 2. The third-order valence-electron chi connectivity index (χ3n) is 4.10. The summed E-state index contributed by atoms with van der Waals surface area (Å²) in [5, 5.41) is 5.14. The van der Waals surface area contributed by atoms with Crippen molar-refractivity contribution in [3.05, 3.63) is 81.3 Å². The van der Waals surface area contributed by atoms with Gasteiger partial charge in [-0.15, -0.1) is 0 Å². The monoisotopic (exact) mass is 391 g/mol. The lowest BCUT2D eigenvalue weighted by molar-refractivity contribution is 0.0784. The van der Waals surface area contributed by atoms with E-state index in [9.17, 15) is 9.18 Å². The SMILES string of the molecule is Cc1c(C(=O)N(C)Cc2cccc(Cl)c2Cl)cnn1-c1ccc(F)cc1. The lowest BCUT2D eigenvalue weighted by atomic mass is 10.2. The van der Waals surface area contributed by atoms with Crippen molar-refractivity contribution in [1.82, 2.24) is 14.7 Å². The molecular weight excluding hydrogens is 376 g/mol. The van der Waals surface area contributed by atoms with Gasteiger partial charge >= 0.3 is 0 Å². The summed E-state index contributed by atoms with van der Waals surface area (Å²) in [6.07, 6.45) is 1.51. The van der Waals surface area contributed by atoms with Crippen LogP contribution in [0.1, 0.15) is 21.6 Å². The fourth-order valence-electron chi connectivity index (χ4n) is 2.67. The summed E-state index contributed by atoms with van der Waals surface area (Å²) in [5.74, 6) is -0.514. The van der Waals surface area contributed by atoms with E-state index in [1.807, 2.05) is 6.07 Å². The van der Waals surface area contributed by atoms with Gasteiger partial charge in [-0.3, -0.25) is 4.79 Å². The first-order chi connectivity index (χ1) is 12.4. The molecule has 0 bridgehead atoms. The molecule has 0 radical (unpaired) electrons. The summed E-state index contributed by atoms with van der Waals surface area (Å²) in [7, 11) is 1.69. The summed E-state index contributed by atoms with van der Waals surface area (Å²) in [6, 6.07) is 11.2. The third kappa shape index (κ3) is 3.59. The van der Waals surface area contributed by atoms with E-state index >= 15 is 0 Å². The van der Waals surface area contributed by atoms with Crippen LogP contribution in [0, 0.1) is 12.7 Å². The first-order valence-electron chi connectivity index (χ1n) is 7.87. The van der Waals surface area contributed by atoms with Gasteiger partial charge in [-0.05, 0) is 42.8 Å². The number of carbonyl (C=O) groups is 1. The quantitative estimate of drug-likeness (QED) is 0.634. The molecule has 4 nitrogen and oxygen atoms in total. The molecule has 7 heteroatoms. The predicted molar refractivity (Wildman–Crippen MR) is 101 cm³/mol. The minimum Gasteiger partial charge on any atom is -0.337 e. The van der Waals surface area contributed by atoms with Crippen molar-refractivity contribution in [2.75, 3.05) is 7.05 Å². The van der Waals surface area contributed by atoms with Gasteiger partial charge in [-0.25, -0.2) is 9.07 Å². The second kappa shape index (κ2) is 7.48. The molecule has 0 N–H and O–H groups in total. The van der Waals surface area contributed by atoms with Crippen molar-refractivity contribution < 1.29 is 9.18 Å². The molecule has 134 valence electrons. The van der Waals surface area contributed by atoms with Crippen molar-refractivity contribution >= 4 is 29.1 Å². The molecule has 0 aliphatic heterocycles. The van der Waals surface area contributed by atoms with E-state index in [1.165, 1.54) is 18.3 Å². The fourth-order valence-corrected chi connectivity index (χ4v) is 3.05. The minimum absolute atomic E-state index is 0.188. The number of aromatic nitrogens is 2. The Hall–Kier alpha value is -2.37. The Kier molecular flexibility index (Phi) is 5.30. The second-order valence-corrected chi connectivity index (χ2v) is 6.69. The number of nitrogens with zero attached hydrogens (tertiary/aromatic N) is 3. The molecular formula is C19H16Cl2FN3O. The average Bonchev–Trinajstić information content (AvgIpc) is 3.00. The van der Waals surface area contributed by atoms with E-state index in [4.69, 9.17) is 23.2 Å². The molecule has 0 saturated carbocycles. The van der Waals surface area contributed by atoms with Crippen LogP contribution in [-0.2, 0) is 6.54 Å². The third-order valence-corrected chi connectivity index (χ3v) is 4.96. The van der Waals surface area contributed by atoms with Gasteiger partial charge in [0.05, 0.1) is 33.2 Å². The maximum absolute atomic E-state index is 13.1. The van der Waals surface area contributed by atoms with Gasteiger partial charge in [0.1, 0.15) is 5.82 Å². The number of rotatable bonds is 4. The lowest BCUT2D eigenvalue weighted by Crippen LogP contribution is -2.26. The number of amides is 1. The van der Waals surface area contributed by atoms with Crippen LogP contribution in [-0.4, -0.2) is 27.6 Å². The van der Waals surface area contributed by atoms with E-state index in [-0.39, 0.29) is 11.7 Å². The van der Waals surface area contributed by atoms with Gasteiger partial charge in [-0.2, -0.15) is 5.10 Å². The van der Waals surface area contributed by atoms with E-state index in [0.717, 1.165) is 5.56 Å². The first kappa shape index (κ1) is 18.4. The van der Waals surface area contributed by atoms with E-state index in [1.54, 1.807) is 47.8 Å². The zero-order valence-electron chi connectivity index (χ0n) is 14.2. The van der Waals surface area contributed by atoms with Gasteiger partial charge in [0.25, 0.3) is 5.91 Å². The van der Waals surface area contributed by atoms with Crippen LogP contribution in [0.25, 0.3) is 5.69 Å². The van der Waals surface area contributed by atoms with Gasteiger partial charge in [0.2, 0.25) is 0 Å². The van der Waals surface area contributed by atoms with Crippen molar-refractivity contribution in [2.24, 2.45) is 0 Å². The molecule has 3 rings (SSSR count). The van der Waals surface area contributed by atoms with Crippen molar-refractivity contribution in [2.45, 2.75) is 13.5 Å². The molecule has 1 amide bonds. The van der Waals surface area contributed by atoms with Gasteiger partial charge in [0, 0.05) is 13.6 Å². The molecule has 0 saturated heterocycles. The van der Waals surface area contributed by atoms with Crippen LogP contribution in [0.3, 0.4) is 0 Å². The summed E-state index contributed by atoms with van der Waals surface area (Å²) >= 11 is 12.2. The molecule has 0 aliphatic rings. The van der Waals surface area contributed by atoms with Gasteiger partial charge in [-0.1, -0.05) is 35.3 Å². The molecule has 3 aromatic rings. The fraction of sp³-hybridized carbons (Fsp3) is 0.158. The molecule has 1 aromatic heterocycles. The maximum Gasteiger partial charge on any atom is 0.257 e. The highest BCUT2D eigenvalue weighted by molar-refractivity contribution is 6.42. The van der Waals surface area contributed by atoms with Gasteiger partial charge < -0.3 is 4.90 Å². The molecule has 0 atom stereocenters. The molecule has 0 fully saturated rings. The lowest BCUT2D eigenvalue weighted by Gasteiger charge is -2.18. The zero-order valence-corrected chi connectivity index (χ0v) is 15.7. The van der Waals surface area contributed by atoms with Gasteiger partial charge in [0.15, 0.2) is 0 Å². The Morgan fingerprint density at radius 1 is 1.19 bits per heavy atom. The number of hydrogen-bond donors (Lipinski definition) is 0. The zero-order chi connectivity index (χ0) is 18.8. The van der Waals surface area contributed by atoms with E-state index in [2.05, 4.69) is 5.10 Å². The van der Waals surface area contributed by atoms with Crippen LogP contribution >= 0.6 is 23.2 Å². The summed E-state index contributed by atoms with van der Waals surface area (Å²) < 4.78 is 14.7. The first-order valence-corrected chi connectivity index (χ1v) is 8.63. The Labute approximate surface area is 160 Å². The molecule has 2 aromatic carbocycles. The summed E-state index contributed by atoms with van der Waals surface area (Å²) in [5.41, 5.74) is 2.59. The highest BCUT2D eigenvalue weighted by Gasteiger charge is 2.20. The van der Waals surface area contributed by atoms with Crippen molar-refractivity contribution in [1.29, 1.82) is 0 Å². The number of carbonyl (C=O) groups excluding carboxylic acids is 1. The molecule has 26 heavy (non-hydrogen) atoms. The van der Waals surface area contributed by atoms with Crippen LogP contribution in [0.15, 0.2) is 48.7 Å². The average molecular weight is 392 g/mol. The van der Waals surface area contributed by atoms with Crippen molar-refractivity contribution in [3.8, 4) is 5.69 Å². The van der Waals surface area contributed by atoms with Crippen LogP contribution in [0.2, 0.25) is 10.0 Å².